The number of thioether (sulfide) groups is 1. The Bertz CT molecular complexity index is 1080. The van der Waals surface area contributed by atoms with Crippen LogP contribution in [0.4, 0.5) is 0 Å². The predicted octanol–water partition coefficient (Wildman–Crippen LogP) is 0.444. The van der Waals surface area contributed by atoms with Crippen LogP contribution in [-0.2, 0) is 30.4 Å². The van der Waals surface area contributed by atoms with Crippen molar-refractivity contribution < 1.29 is 28.6 Å². The maximum atomic E-state index is 12.4. The maximum Gasteiger partial charge on any atom is 0.325 e. The summed E-state index contributed by atoms with van der Waals surface area (Å²) in [5.74, 6) is -0.611. The number of fused-ring (bicyclic) bond motifs is 2. The smallest absolute Gasteiger partial charge is 0.325 e. The van der Waals surface area contributed by atoms with Gasteiger partial charge in [-0.25, -0.2) is 4.99 Å². The van der Waals surface area contributed by atoms with E-state index in [9.17, 15) is 14.8 Å². The number of amides is 1. The molecule has 2 saturated heterocycles. The average Bonchev–Trinajstić information content (AvgIpc) is 3.20. The number of amidine groups is 2. The first-order chi connectivity index (χ1) is 14.7. The molecule has 4 N–H and O–H groups in total. The van der Waals surface area contributed by atoms with E-state index < -0.39 is 43.2 Å². The molecule has 1 aromatic carbocycles. The molecule has 0 bridgehead atoms. The lowest BCUT2D eigenvalue weighted by molar-refractivity contribution is -0.117. The Morgan fingerprint density at radius 2 is 2.06 bits per heavy atom. The molecular weight excluding hydrogens is 489 g/mol. The molecule has 1 amide bonds. The van der Waals surface area contributed by atoms with Crippen LogP contribution in [0, 0.1) is 0 Å². The van der Waals surface area contributed by atoms with Crippen LogP contribution < -0.4 is 5.73 Å². The van der Waals surface area contributed by atoms with E-state index in [0.717, 1.165) is 4.90 Å². The SMILES string of the molecule is NC1=NC(=O)C2N=C(Sc3ccc(Cl)cc3)N(C3OC4COP(O)(=S)OC4C3O)C2=N1. The van der Waals surface area contributed by atoms with Gasteiger partial charge in [0.05, 0.1) is 6.61 Å². The number of aliphatic hydroxyl groups is 1. The summed E-state index contributed by atoms with van der Waals surface area (Å²) < 4.78 is 16.5. The van der Waals surface area contributed by atoms with E-state index in [0.29, 0.717) is 10.2 Å². The van der Waals surface area contributed by atoms with Crippen LogP contribution >= 0.6 is 30.1 Å². The van der Waals surface area contributed by atoms with Crippen molar-refractivity contribution in [3.05, 3.63) is 29.3 Å². The molecule has 15 heteroatoms. The van der Waals surface area contributed by atoms with Crippen molar-refractivity contribution in [2.45, 2.75) is 35.5 Å². The van der Waals surface area contributed by atoms with Crippen molar-refractivity contribution in [3.63, 3.8) is 0 Å². The molecule has 0 aromatic heterocycles. The van der Waals surface area contributed by atoms with E-state index in [-0.39, 0.29) is 18.4 Å². The molecule has 164 valence electrons. The van der Waals surface area contributed by atoms with Gasteiger partial charge >= 0.3 is 6.72 Å². The van der Waals surface area contributed by atoms with E-state index in [1.54, 1.807) is 24.3 Å². The van der Waals surface area contributed by atoms with Gasteiger partial charge in [0.1, 0.15) is 18.3 Å². The van der Waals surface area contributed by atoms with Gasteiger partial charge in [0, 0.05) is 9.92 Å². The van der Waals surface area contributed by atoms with E-state index in [1.165, 1.54) is 16.7 Å². The first-order valence-electron chi connectivity index (χ1n) is 8.98. The molecular formula is C16H15ClN5O6PS2. The van der Waals surface area contributed by atoms with Crippen LogP contribution in [0.1, 0.15) is 0 Å². The summed E-state index contributed by atoms with van der Waals surface area (Å²) in [6.07, 6.45) is -3.87. The molecule has 0 spiro atoms. The van der Waals surface area contributed by atoms with E-state index >= 15 is 0 Å². The second-order valence-electron chi connectivity index (χ2n) is 6.91. The molecule has 4 heterocycles. The van der Waals surface area contributed by atoms with Gasteiger partial charge < -0.3 is 25.0 Å². The van der Waals surface area contributed by atoms with Crippen LogP contribution in [0.2, 0.25) is 5.02 Å². The number of benzene rings is 1. The fraction of sp³-hybridized carbons (Fsp3) is 0.375. The molecule has 5 rings (SSSR count). The van der Waals surface area contributed by atoms with Crippen molar-refractivity contribution in [1.29, 1.82) is 0 Å². The van der Waals surface area contributed by atoms with E-state index in [1.807, 2.05) is 0 Å². The monoisotopic (exact) mass is 503 g/mol. The number of halogens is 1. The third kappa shape index (κ3) is 3.94. The van der Waals surface area contributed by atoms with Crippen LogP contribution in [0.3, 0.4) is 0 Å². The molecule has 0 radical (unpaired) electrons. The van der Waals surface area contributed by atoms with Crippen LogP contribution in [0.5, 0.6) is 0 Å². The Balaban J connectivity index is 1.50. The van der Waals surface area contributed by atoms with Gasteiger partial charge in [0.25, 0.3) is 5.91 Å². The molecule has 4 aliphatic rings. The fourth-order valence-electron chi connectivity index (χ4n) is 3.53. The van der Waals surface area contributed by atoms with E-state index in [4.69, 9.17) is 42.9 Å². The summed E-state index contributed by atoms with van der Waals surface area (Å²) in [7, 11) is 0. The molecule has 6 atom stereocenters. The van der Waals surface area contributed by atoms with Crippen molar-refractivity contribution >= 4 is 64.8 Å². The van der Waals surface area contributed by atoms with Gasteiger partial charge in [-0.1, -0.05) is 23.4 Å². The second kappa shape index (κ2) is 7.87. The Morgan fingerprint density at radius 1 is 1.32 bits per heavy atom. The number of hydrogen-bond acceptors (Lipinski definition) is 11. The number of hydrogen-bond donors (Lipinski definition) is 3. The van der Waals surface area contributed by atoms with Crippen LogP contribution in [-0.4, -0.2) is 75.0 Å². The maximum absolute atomic E-state index is 12.4. The molecule has 0 aliphatic carbocycles. The quantitative estimate of drug-likeness (QED) is 0.485. The number of carbonyl (C=O) groups is 1. The highest BCUT2D eigenvalue weighted by Gasteiger charge is 2.56. The normalized spacial score (nSPS) is 37.1. The zero-order valence-electron chi connectivity index (χ0n) is 15.4. The molecule has 0 saturated carbocycles. The molecule has 11 nitrogen and oxygen atoms in total. The van der Waals surface area contributed by atoms with Gasteiger partial charge in [-0.15, -0.1) is 0 Å². The number of rotatable bonds is 2. The van der Waals surface area contributed by atoms with Crippen molar-refractivity contribution in [1.82, 2.24) is 4.90 Å². The Kier molecular flexibility index (Phi) is 5.44. The van der Waals surface area contributed by atoms with E-state index in [2.05, 4.69) is 15.0 Å². The second-order valence-corrected chi connectivity index (χ2v) is 11.2. The Hall–Kier alpha value is -1.41. The highest BCUT2D eigenvalue weighted by molar-refractivity contribution is 8.14. The minimum absolute atomic E-state index is 0.0465. The number of aliphatic hydroxyl groups excluding tert-OH is 1. The van der Waals surface area contributed by atoms with Gasteiger partial charge in [-0.3, -0.25) is 14.2 Å². The topological polar surface area (TPSA) is 152 Å². The number of ether oxygens (including phenoxy) is 1. The summed E-state index contributed by atoms with van der Waals surface area (Å²) in [4.78, 5) is 37.0. The standard InChI is InChI=1S/C16H15ClN5O6PS2/c17-6-1-3-7(4-2-6)31-16-19-9-12(20-15(18)21-13(9)24)22(16)14-10(23)11-8(27-14)5-26-29(25,30)28-11/h1-4,8-11,14,23H,5H2,(H,25,30)(H2,18,21,24). The van der Waals surface area contributed by atoms with Crippen LogP contribution in [0.15, 0.2) is 44.1 Å². The summed E-state index contributed by atoms with van der Waals surface area (Å²) in [5, 5.41) is 11.9. The fourth-order valence-corrected chi connectivity index (χ4v) is 6.04. The summed E-state index contributed by atoms with van der Waals surface area (Å²) >= 11 is 12.1. The largest absolute Gasteiger partial charge is 0.386 e. The lowest BCUT2D eigenvalue weighted by Crippen LogP contribution is -2.51. The first kappa shape index (κ1) is 21.4. The summed E-state index contributed by atoms with van der Waals surface area (Å²) in [6, 6.07) is 5.99. The zero-order chi connectivity index (χ0) is 21.9. The number of nitrogens with zero attached hydrogens (tertiary/aromatic N) is 4. The van der Waals surface area contributed by atoms with Gasteiger partial charge in [-0.2, -0.15) is 9.98 Å². The molecule has 1 aromatic rings. The highest BCUT2D eigenvalue weighted by Crippen LogP contribution is 2.52. The highest BCUT2D eigenvalue weighted by atomic mass is 35.5. The number of nitrogens with two attached hydrogens (primary N) is 1. The molecule has 2 fully saturated rings. The van der Waals surface area contributed by atoms with Gasteiger partial charge in [-0.05, 0) is 36.1 Å². The summed E-state index contributed by atoms with van der Waals surface area (Å²) in [6.45, 7) is -3.52. The number of guanidine groups is 1. The Labute approximate surface area is 190 Å². The minimum atomic E-state index is -3.47. The van der Waals surface area contributed by atoms with Gasteiger partial charge in [0.15, 0.2) is 23.3 Å². The van der Waals surface area contributed by atoms with Gasteiger partial charge in [0.2, 0.25) is 5.96 Å². The zero-order valence-corrected chi connectivity index (χ0v) is 18.7. The minimum Gasteiger partial charge on any atom is -0.386 e. The lowest BCUT2D eigenvalue weighted by Gasteiger charge is -2.31. The lowest BCUT2D eigenvalue weighted by atomic mass is 10.1. The summed E-state index contributed by atoms with van der Waals surface area (Å²) in [5.41, 5.74) is 5.70. The third-order valence-corrected chi connectivity index (χ3v) is 7.67. The Morgan fingerprint density at radius 3 is 2.81 bits per heavy atom. The molecule has 6 unspecified atom stereocenters. The number of aliphatic imine (C=N–C) groups is 3. The molecule has 4 aliphatic heterocycles. The van der Waals surface area contributed by atoms with Crippen molar-refractivity contribution in [2.75, 3.05) is 6.61 Å². The first-order valence-corrected chi connectivity index (χ1v) is 12.8. The predicted molar refractivity (Wildman–Crippen MR) is 116 cm³/mol. The van der Waals surface area contributed by atoms with Crippen molar-refractivity contribution in [3.8, 4) is 0 Å². The average molecular weight is 504 g/mol. The third-order valence-electron chi connectivity index (χ3n) is 4.87. The number of carbonyl (C=O) groups excluding carboxylic acids is 1. The molecule has 31 heavy (non-hydrogen) atoms. The van der Waals surface area contributed by atoms with Crippen molar-refractivity contribution in [2.24, 2.45) is 20.7 Å². The van der Waals surface area contributed by atoms with Crippen LogP contribution in [0.25, 0.3) is 0 Å².